The second-order valence-corrected chi connectivity index (χ2v) is 16.3. The summed E-state index contributed by atoms with van der Waals surface area (Å²) in [6, 6.07) is -2.03. The monoisotopic (exact) mass is 628 g/mol. The average Bonchev–Trinajstić information content (AvgIpc) is 3.32. The Morgan fingerprint density at radius 1 is 0.978 bits per heavy atom. The lowest BCUT2D eigenvalue weighted by Crippen LogP contribution is -2.60. The fourth-order valence-electron chi connectivity index (χ4n) is 10.4. The topological polar surface area (TPSA) is 153 Å². The molecule has 0 aromatic rings. The molecule has 0 amide bonds. The smallest absolute Gasteiger partial charge is 0.186 e. The molecule has 0 aromatic heterocycles. The fourth-order valence-corrected chi connectivity index (χ4v) is 10.4. The van der Waals surface area contributed by atoms with Gasteiger partial charge in [-0.1, -0.05) is 72.9 Å². The number of rotatable bonds is 12. The van der Waals surface area contributed by atoms with Gasteiger partial charge in [-0.05, 0) is 87.9 Å². The van der Waals surface area contributed by atoms with Crippen molar-refractivity contribution in [1.29, 1.82) is 0 Å². The number of carbonyl (C=O) groups is 1. The van der Waals surface area contributed by atoms with Crippen LogP contribution in [0.25, 0.3) is 0 Å². The quantitative estimate of drug-likeness (QED) is 0.120. The summed E-state index contributed by atoms with van der Waals surface area (Å²) in [7, 11) is 0. The molecular weight excluding hydrogens is 576 g/mol. The molecule has 0 bridgehead atoms. The van der Waals surface area contributed by atoms with Gasteiger partial charge in [0.15, 0.2) is 12.3 Å². The van der Waals surface area contributed by atoms with E-state index in [2.05, 4.69) is 54.5 Å². The molecule has 4 aliphatic carbocycles. The van der Waals surface area contributed by atoms with E-state index in [1.54, 1.807) is 0 Å². The molecular formula is C34H52N4O7. The number of fused-ring (bicyclic) bond motifs is 5. The number of carbonyl (C=O) groups excluding carboxylic acids is 1. The Kier molecular flexibility index (Phi) is 9.64. The van der Waals surface area contributed by atoms with Gasteiger partial charge >= 0.3 is 0 Å². The second-order valence-electron chi connectivity index (χ2n) is 16.3. The van der Waals surface area contributed by atoms with E-state index in [4.69, 9.17) is 9.47 Å². The number of unbranched alkanes of at least 4 members (excludes halogenated alkanes) is 1. The van der Waals surface area contributed by atoms with Crippen molar-refractivity contribution in [2.24, 2.45) is 60.6 Å². The van der Waals surface area contributed by atoms with Crippen LogP contribution in [0.1, 0.15) is 112 Å². The molecule has 11 nitrogen and oxygen atoms in total. The van der Waals surface area contributed by atoms with Crippen LogP contribution in [0.5, 0.6) is 0 Å². The Morgan fingerprint density at radius 2 is 1.73 bits per heavy atom. The minimum absolute atomic E-state index is 0.00605. The van der Waals surface area contributed by atoms with Gasteiger partial charge < -0.3 is 9.47 Å². The molecule has 5 rings (SSSR count). The van der Waals surface area contributed by atoms with Crippen molar-refractivity contribution in [2.75, 3.05) is 6.54 Å². The van der Waals surface area contributed by atoms with E-state index in [-0.39, 0.29) is 30.4 Å². The third kappa shape index (κ3) is 5.89. The Bertz CT molecular complexity index is 1200. The highest BCUT2D eigenvalue weighted by Gasteiger charge is 2.65. The van der Waals surface area contributed by atoms with Crippen LogP contribution in [0, 0.1) is 59.5 Å². The molecule has 1 heterocycles. The summed E-state index contributed by atoms with van der Waals surface area (Å²) in [5, 5.41) is 12.4. The molecule has 4 fully saturated rings. The second kappa shape index (κ2) is 12.7. The molecule has 0 aromatic carbocycles. The number of nitroso groups, excluding NO2 is 4. The fraction of sp³-hybridized carbons (Fsp3) is 0.912. The molecule has 11 heteroatoms. The summed E-state index contributed by atoms with van der Waals surface area (Å²) in [4.78, 5) is 59.8. The lowest BCUT2D eigenvalue weighted by atomic mass is 9.43. The summed E-state index contributed by atoms with van der Waals surface area (Å²) >= 11 is 0. The molecule has 3 saturated carbocycles. The van der Waals surface area contributed by atoms with Gasteiger partial charge in [0.2, 0.25) is 0 Å². The minimum atomic E-state index is -1.10. The van der Waals surface area contributed by atoms with Gasteiger partial charge in [-0.25, -0.2) is 0 Å². The summed E-state index contributed by atoms with van der Waals surface area (Å²) < 4.78 is 12.4. The Labute approximate surface area is 266 Å². The third-order valence-corrected chi connectivity index (χ3v) is 13.1. The number of allylic oxidation sites excluding steroid dienone is 1. The van der Waals surface area contributed by atoms with Crippen molar-refractivity contribution in [3.8, 4) is 0 Å². The van der Waals surface area contributed by atoms with Gasteiger partial charge in [0.05, 0.1) is 17.7 Å². The van der Waals surface area contributed by atoms with E-state index < -0.39 is 40.8 Å². The third-order valence-electron chi connectivity index (χ3n) is 13.1. The average molecular weight is 629 g/mol. The molecule has 0 radical (unpaired) electrons. The Morgan fingerprint density at radius 3 is 2.40 bits per heavy atom. The van der Waals surface area contributed by atoms with E-state index in [9.17, 15) is 24.4 Å². The van der Waals surface area contributed by atoms with E-state index in [1.807, 2.05) is 13.8 Å². The predicted octanol–water partition coefficient (Wildman–Crippen LogP) is 8.02. The highest BCUT2D eigenvalue weighted by molar-refractivity contribution is 5.88. The molecule has 0 N–H and O–H groups in total. The van der Waals surface area contributed by atoms with Crippen molar-refractivity contribution in [3.63, 3.8) is 0 Å². The van der Waals surface area contributed by atoms with E-state index in [0.717, 1.165) is 51.4 Å². The van der Waals surface area contributed by atoms with Crippen molar-refractivity contribution in [3.05, 3.63) is 31.3 Å². The molecule has 45 heavy (non-hydrogen) atoms. The van der Waals surface area contributed by atoms with Crippen LogP contribution >= 0.6 is 0 Å². The van der Waals surface area contributed by atoms with Crippen LogP contribution in [-0.4, -0.2) is 48.4 Å². The van der Waals surface area contributed by atoms with Gasteiger partial charge in [-0.2, -0.15) is 19.6 Å². The normalized spacial score (nSPS) is 42.5. The maximum atomic E-state index is 14.4. The van der Waals surface area contributed by atoms with Gasteiger partial charge in [-0.3, -0.25) is 4.79 Å². The zero-order chi connectivity index (χ0) is 32.8. The van der Waals surface area contributed by atoms with Crippen LogP contribution in [-0.2, 0) is 14.3 Å². The molecule has 11 atom stereocenters. The number of nitrogens with zero attached hydrogens (tertiary/aromatic N) is 4. The first-order chi connectivity index (χ1) is 21.3. The molecule has 250 valence electrons. The van der Waals surface area contributed by atoms with Crippen molar-refractivity contribution in [2.45, 2.75) is 148 Å². The van der Waals surface area contributed by atoms with Crippen LogP contribution in [0.2, 0.25) is 0 Å². The van der Waals surface area contributed by atoms with Crippen molar-refractivity contribution < 1.29 is 14.3 Å². The van der Waals surface area contributed by atoms with Crippen LogP contribution in [0.15, 0.2) is 32.4 Å². The van der Waals surface area contributed by atoms with E-state index in [1.165, 1.54) is 5.57 Å². The first-order valence-electron chi connectivity index (χ1n) is 17.1. The van der Waals surface area contributed by atoms with Gasteiger partial charge in [0.1, 0.15) is 18.4 Å². The zero-order valence-electron chi connectivity index (χ0n) is 27.9. The lowest BCUT2D eigenvalue weighted by molar-refractivity contribution is -0.243. The molecule has 1 aliphatic heterocycles. The molecule has 0 spiro atoms. The Hall–Kier alpha value is -2.27. The summed E-state index contributed by atoms with van der Waals surface area (Å²) in [6.45, 7) is 12.5. The summed E-state index contributed by atoms with van der Waals surface area (Å²) in [5.74, 6) is 1.82. The van der Waals surface area contributed by atoms with E-state index >= 15 is 0 Å². The van der Waals surface area contributed by atoms with Gasteiger partial charge in [0, 0.05) is 23.7 Å². The summed E-state index contributed by atoms with van der Waals surface area (Å²) in [6.07, 6.45) is 9.57. The Balaban J connectivity index is 1.32. The SMILES string of the molecule is CC(C)(CCCCC1CCC2C3CC=C4C(CC[C@H](O[C@@H]5O[C@H](CN=O)C[C@H](N=O)[C@H]5N=O)C4(C)C)[C@]3(C)C(=O)C[C@]12C)N=O. The number of hydrogen-bond donors (Lipinski definition) is 0. The number of ketones is 1. The van der Waals surface area contributed by atoms with E-state index in [0.29, 0.717) is 36.4 Å². The van der Waals surface area contributed by atoms with Crippen molar-refractivity contribution >= 4 is 5.78 Å². The van der Waals surface area contributed by atoms with Crippen LogP contribution < -0.4 is 0 Å². The number of Topliss-reactive ketones (excluding diaryl/α,β-unsaturated/α-hetero) is 1. The predicted molar refractivity (Wildman–Crippen MR) is 171 cm³/mol. The maximum Gasteiger partial charge on any atom is 0.186 e. The minimum Gasteiger partial charge on any atom is -0.346 e. The molecule has 4 unspecified atom stereocenters. The zero-order valence-corrected chi connectivity index (χ0v) is 27.9. The highest BCUT2D eigenvalue weighted by atomic mass is 16.7. The van der Waals surface area contributed by atoms with Gasteiger partial charge in [-0.15, -0.1) is 0 Å². The maximum absolute atomic E-state index is 14.4. The van der Waals surface area contributed by atoms with Crippen LogP contribution in [0.3, 0.4) is 0 Å². The first-order valence-corrected chi connectivity index (χ1v) is 17.1. The van der Waals surface area contributed by atoms with Crippen molar-refractivity contribution in [1.82, 2.24) is 0 Å². The van der Waals surface area contributed by atoms with Gasteiger partial charge in [0.25, 0.3) is 0 Å². The largest absolute Gasteiger partial charge is 0.346 e. The van der Waals surface area contributed by atoms with Crippen LogP contribution in [0.4, 0.5) is 0 Å². The standard InChI is InChI=1S/C34H52N4O7/c1-31(2,38-43)16-8-7-9-20-10-11-23-25-13-12-22-24(34(25,6)27(39)18-33(20,23)5)14-15-28(32(22,3)4)45-30-29(37-42)26(36-41)17-21(44-30)19-35-40/h12,20-21,23-26,28-30H,7-11,13-19H2,1-6H3/t20?,21-,23?,24?,25?,26-,28-,29+,30-,33+,34-/m0/s1. The molecule has 5 aliphatic rings. The lowest BCUT2D eigenvalue weighted by Gasteiger charge is -2.61. The first kappa shape index (κ1) is 34.1. The number of ether oxygens (including phenoxy) is 2. The number of hydrogen-bond acceptors (Lipinski definition) is 11. The summed E-state index contributed by atoms with van der Waals surface area (Å²) in [5.41, 5.74) is -0.162. The molecule has 1 saturated heterocycles. The highest BCUT2D eigenvalue weighted by Crippen LogP contribution is 2.68.